The van der Waals surface area contributed by atoms with Crippen LogP contribution >= 0.6 is 11.6 Å². The molecule has 1 amide bonds. The fourth-order valence-corrected chi connectivity index (χ4v) is 5.10. The second-order valence-corrected chi connectivity index (χ2v) is 8.67. The number of hydrogen-bond donors (Lipinski definition) is 1. The average Bonchev–Trinajstić information content (AvgIpc) is 3.35. The number of aromatic nitrogens is 2. The number of aliphatic hydroxyl groups is 1. The number of amides is 1. The Kier molecular flexibility index (Phi) is 4.56. The molecule has 0 unspecified atom stereocenters. The highest BCUT2D eigenvalue weighted by Gasteiger charge is 2.44. The lowest BCUT2D eigenvalue weighted by Crippen LogP contribution is -2.42. The molecule has 5 rings (SSSR count). The normalized spacial score (nSPS) is 28.9. The predicted octanol–water partition coefficient (Wildman–Crippen LogP) is 2.77. The Labute approximate surface area is 169 Å². The zero-order valence-corrected chi connectivity index (χ0v) is 16.4. The van der Waals surface area contributed by atoms with Gasteiger partial charge in [-0.1, -0.05) is 17.7 Å². The van der Waals surface area contributed by atoms with Crippen molar-refractivity contribution in [2.75, 3.05) is 13.1 Å². The summed E-state index contributed by atoms with van der Waals surface area (Å²) < 4.78 is 7.98. The maximum Gasteiger partial charge on any atom is 0.274 e. The van der Waals surface area contributed by atoms with E-state index in [0.29, 0.717) is 47.8 Å². The molecule has 0 bridgehead atoms. The van der Waals surface area contributed by atoms with Crippen LogP contribution in [-0.4, -0.2) is 51.0 Å². The zero-order valence-electron chi connectivity index (χ0n) is 15.6. The molecule has 1 aliphatic carbocycles. The molecule has 3 aliphatic rings. The summed E-state index contributed by atoms with van der Waals surface area (Å²) in [7, 11) is 0. The van der Waals surface area contributed by atoms with Gasteiger partial charge in [0.1, 0.15) is 11.9 Å². The second kappa shape index (κ2) is 7.08. The smallest absolute Gasteiger partial charge is 0.274 e. The molecule has 1 saturated heterocycles. The summed E-state index contributed by atoms with van der Waals surface area (Å²) in [6.07, 6.45) is 2.69. The highest BCUT2D eigenvalue weighted by molar-refractivity contribution is 6.30. The van der Waals surface area contributed by atoms with E-state index in [4.69, 9.17) is 16.3 Å². The number of nitrogens with zero attached hydrogens (tertiary/aromatic N) is 3. The Hall–Kier alpha value is -2.05. The van der Waals surface area contributed by atoms with Gasteiger partial charge >= 0.3 is 0 Å². The van der Waals surface area contributed by atoms with Crippen molar-refractivity contribution in [3.05, 3.63) is 46.7 Å². The van der Waals surface area contributed by atoms with Crippen LogP contribution in [-0.2, 0) is 13.0 Å². The van der Waals surface area contributed by atoms with Crippen LogP contribution in [0.3, 0.4) is 0 Å². The fourth-order valence-electron chi connectivity index (χ4n) is 4.92. The van der Waals surface area contributed by atoms with Gasteiger partial charge in [-0.15, -0.1) is 0 Å². The summed E-state index contributed by atoms with van der Waals surface area (Å²) in [6, 6.07) is 9.20. The molecule has 4 atom stereocenters. The minimum Gasteiger partial charge on any atom is -0.488 e. The molecule has 6 nitrogen and oxygen atoms in total. The Morgan fingerprint density at radius 1 is 1.21 bits per heavy atom. The first-order valence-electron chi connectivity index (χ1n) is 10.0. The number of hydrogen-bond acceptors (Lipinski definition) is 4. The van der Waals surface area contributed by atoms with Gasteiger partial charge in [0.15, 0.2) is 5.69 Å². The molecule has 28 heavy (non-hydrogen) atoms. The summed E-state index contributed by atoms with van der Waals surface area (Å²) >= 11 is 6.03. The molecule has 1 N–H and O–H groups in total. The zero-order chi connectivity index (χ0) is 19.3. The van der Waals surface area contributed by atoms with Crippen molar-refractivity contribution in [1.29, 1.82) is 0 Å². The third kappa shape index (κ3) is 3.29. The molecule has 3 heterocycles. The number of ether oxygens (including phenoxy) is 1. The van der Waals surface area contributed by atoms with Gasteiger partial charge in [0.2, 0.25) is 0 Å². The molecular weight excluding hydrogens is 378 g/mol. The molecule has 2 aromatic rings. The maximum atomic E-state index is 12.9. The van der Waals surface area contributed by atoms with E-state index in [9.17, 15) is 9.90 Å². The molecule has 1 saturated carbocycles. The number of carbonyl (C=O) groups excluding carboxylic acids is 1. The monoisotopic (exact) mass is 401 g/mol. The molecule has 0 spiro atoms. The fraction of sp³-hybridized carbons (Fsp3) is 0.524. The number of rotatable bonds is 3. The molecule has 1 aromatic carbocycles. The minimum absolute atomic E-state index is 0.0121. The van der Waals surface area contributed by atoms with Crippen molar-refractivity contribution in [3.63, 3.8) is 0 Å². The minimum atomic E-state index is -0.535. The van der Waals surface area contributed by atoms with Crippen molar-refractivity contribution in [1.82, 2.24) is 14.7 Å². The quantitative estimate of drug-likeness (QED) is 0.858. The first-order valence-corrected chi connectivity index (χ1v) is 10.4. The number of carbonyl (C=O) groups is 1. The van der Waals surface area contributed by atoms with Gasteiger partial charge in [-0.2, -0.15) is 5.10 Å². The average molecular weight is 402 g/mol. The van der Waals surface area contributed by atoms with Crippen LogP contribution in [0.2, 0.25) is 5.02 Å². The van der Waals surface area contributed by atoms with Crippen LogP contribution in [0.4, 0.5) is 0 Å². The Balaban J connectivity index is 1.26. The molecule has 2 aliphatic heterocycles. The first kappa shape index (κ1) is 18.0. The predicted molar refractivity (Wildman–Crippen MR) is 105 cm³/mol. The highest BCUT2D eigenvalue weighted by atomic mass is 35.5. The lowest BCUT2D eigenvalue weighted by molar-refractivity contribution is -0.0231. The largest absolute Gasteiger partial charge is 0.488 e. The molecule has 2 fully saturated rings. The van der Waals surface area contributed by atoms with Crippen LogP contribution < -0.4 is 4.74 Å². The molecule has 7 heteroatoms. The van der Waals surface area contributed by atoms with E-state index >= 15 is 0 Å². The Morgan fingerprint density at radius 3 is 2.82 bits per heavy atom. The van der Waals surface area contributed by atoms with E-state index in [0.717, 1.165) is 31.5 Å². The van der Waals surface area contributed by atoms with E-state index in [2.05, 4.69) is 5.10 Å². The van der Waals surface area contributed by atoms with Crippen LogP contribution in [0, 0.1) is 11.8 Å². The highest BCUT2D eigenvalue weighted by Crippen LogP contribution is 2.38. The summed E-state index contributed by atoms with van der Waals surface area (Å²) in [5, 5.41) is 15.7. The Bertz CT molecular complexity index is 877. The van der Waals surface area contributed by atoms with Gasteiger partial charge in [0.25, 0.3) is 5.91 Å². The number of fused-ring (bicyclic) bond motifs is 2. The van der Waals surface area contributed by atoms with E-state index in [1.165, 1.54) is 0 Å². The number of aryl methyl sites for hydroxylation is 2. The van der Waals surface area contributed by atoms with Gasteiger partial charge in [0.05, 0.1) is 6.10 Å². The third-order valence-electron chi connectivity index (χ3n) is 6.34. The number of likely N-dealkylation sites (tertiary alicyclic amines) is 1. The third-order valence-corrected chi connectivity index (χ3v) is 6.58. The van der Waals surface area contributed by atoms with Crippen molar-refractivity contribution >= 4 is 17.5 Å². The van der Waals surface area contributed by atoms with Crippen molar-refractivity contribution in [2.24, 2.45) is 11.8 Å². The van der Waals surface area contributed by atoms with Crippen molar-refractivity contribution in [2.45, 2.75) is 44.4 Å². The van der Waals surface area contributed by atoms with E-state index in [-0.39, 0.29) is 12.0 Å². The van der Waals surface area contributed by atoms with Gasteiger partial charge in [-0.05, 0) is 61.8 Å². The van der Waals surface area contributed by atoms with Crippen LogP contribution in [0.5, 0.6) is 5.75 Å². The lowest BCUT2D eigenvalue weighted by Gasteiger charge is -2.35. The summed E-state index contributed by atoms with van der Waals surface area (Å²) in [5.41, 5.74) is 1.71. The first-order chi connectivity index (χ1) is 13.6. The number of aliphatic hydroxyl groups excluding tert-OH is 1. The molecule has 148 valence electrons. The van der Waals surface area contributed by atoms with E-state index in [1.807, 2.05) is 27.8 Å². The van der Waals surface area contributed by atoms with E-state index < -0.39 is 6.10 Å². The lowest BCUT2D eigenvalue weighted by atomic mass is 9.78. The summed E-state index contributed by atoms with van der Waals surface area (Å²) in [4.78, 5) is 14.8. The number of benzene rings is 1. The van der Waals surface area contributed by atoms with E-state index in [1.54, 1.807) is 12.1 Å². The van der Waals surface area contributed by atoms with Crippen molar-refractivity contribution in [3.8, 4) is 5.75 Å². The van der Waals surface area contributed by atoms with Gasteiger partial charge in [-0.25, -0.2) is 0 Å². The topological polar surface area (TPSA) is 67.6 Å². The standard InChI is InChI=1S/C21H24ClN3O3/c22-15-3-1-5-17(9-15)28-20-8-14-12-24(11-13(14)7-19(20)26)21(27)18-10-16-4-2-6-25(16)23-18/h1,3,5,9-10,13-14,19-20,26H,2,4,6-8,11-12H2/t13-,14+,19+,20+/m0/s1. The van der Waals surface area contributed by atoms with Gasteiger partial charge in [0, 0.05) is 30.4 Å². The Morgan fingerprint density at radius 2 is 2.04 bits per heavy atom. The van der Waals surface area contributed by atoms with Crippen LogP contribution in [0.15, 0.2) is 30.3 Å². The van der Waals surface area contributed by atoms with Crippen LogP contribution in [0.1, 0.15) is 35.4 Å². The summed E-state index contributed by atoms with van der Waals surface area (Å²) in [5.74, 6) is 1.34. The maximum absolute atomic E-state index is 12.9. The van der Waals surface area contributed by atoms with Crippen molar-refractivity contribution < 1.29 is 14.6 Å². The van der Waals surface area contributed by atoms with Gasteiger partial charge in [-0.3, -0.25) is 9.48 Å². The van der Waals surface area contributed by atoms with Gasteiger partial charge < -0.3 is 14.7 Å². The number of halogens is 1. The van der Waals surface area contributed by atoms with Crippen LogP contribution in [0.25, 0.3) is 0 Å². The second-order valence-electron chi connectivity index (χ2n) is 8.23. The summed E-state index contributed by atoms with van der Waals surface area (Å²) in [6.45, 7) is 2.29. The molecule has 0 radical (unpaired) electrons. The SMILES string of the molecule is O=C(c1cc2n(n1)CCC2)N1C[C@H]2C[C@@H](Oc3cccc(Cl)c3)[C@H](O)C[C@H]2C1. The molecular formula is C21H24ClN3O3. The molecule has 1 aromatic heterocycles.